The molecule has 138 valence electrons. The lowest BCUT2D eigenvalue weighted by atomic mass is 10.1. The van der Waals surface area contributed by atoms with Crippen LogP contribution in [0.15, 0.2) is 29.2 Å². The number of amides is 1. The molecule has 1 saturated carbocycles. The van der Waals surface area contributed by atoms with Gasteiger partial charge >= 0.3 is 0 Å². The van der Waals surface area contributed by atoms with Crippen molar-refractivity contribution in [1.82, 2.24) is 4.90 Å². The van der Waals surface area contributed by atoms with E-state index < -0.39 is 9.84 Å². The van der Waals surface area contributed by atoms with Crippen LogP contribution in [0.1, 0.15) is 49.4 Å². The number of ether oxygens (including phenoxy) is 1. The smallest absolute Gasteiger partial charge is 0.254 e. The first-order chi connectivity index (χ1) is 11.9. The monoisotopic (exact) mass is 365 g/mol. The number of sulfone groups is 1. The third-order valence-corrected chi connectivity index (χ3v) is 6.13. The minimum absolute atomic E-state index is 0.0846. The van der Waals surface area contributed by atoms with E-state index in [4.69, 9.17) is 4.74 Å². The summed E-state index contributed by atoms with van der Waals surface area (Å²) in [5.41, 5.74) is 0.439. The average molecular weight is 365 g/mol. The first-order valence-electron chi connectivity index (χ1n) is 9.13. The van der Waals surface area contributed by atoms with Crippen LogP contribution in [-0.2, 0) is 14.6 Å². The molecule has 1 aromatic rings. The highest BCUT2D eigenvalue weighted by Crippen LogP contribution is 2.37. The largest absolute Gasteiger partial charge is 0.371 e. The van der Waals surface area contributed by atoms with E-state index in [1.165, 1.54) is 25.0 Å². The Balaban J connectivity index is 1.77. The van der Waals surface area contributed by atoms with Gasteiger partial charge in [0.2, 0.25) is 0 Å². The molecule has 0 aromatic heterocycles. The molecule has 1 heterocycles. The molecule has 2 fully saturated rings. The third-order valence-electron chi connectivity index (χ3n) is 5.02. The van der Waals surface area contributed by atoms with Crippen LogP contribution in [0.2, 0.25) is 0 Å². The number of carbonyl (C=O) groups is 1. The summed E-state index contributed by atoms with van der Waals surface area (Å²) in [6, 6.07) is 6.35. The maximum Gasteiger partial charge on any atom is 0.254 e. The fraction of sp³-hybridized carbons (Fsp3) is 0.632. The Kier molecular flexibility index (Phi) is 5.49. The molecule has 0 spiro atoms. The number of hydrogen-bond donors (Lipinski definition) is 0. The normalized spacial score (nSPS) is 24.3. The fourth-order valence-corrected chi connectivity index (χ4v) is 4.07. The number of unbranched alkanes of at least 4 members (excludes halogenated alkanes) is 1. The number of benzene rings is 1. The van der Waals surface area contributed by atoms with Gasteiger partial charge in [-0.2, -0.15) is 0 Å². The first kappa shape index (κ1) is 18.4. The van der Waals surface area contributed by atoms with E-state index in [2.05, 4.69) is 6.92 Å². The van der Waals surface area contributed by atoms with E-state index in [1.54, 1.807) is 12.1 Å². The summed E-state index contributed by atoms with van der Waals surface area (Å²) in [7, 11) is -3.32. The van der Waals surface area contributed by atoms with Crippen LogP contribution in [0.3, 0.4) is 0 Å². The van der Waals surface area contributed by atoms with Gasteiger partial charge in [0, 0.05) is 24.9 Å². The Morgan fingerprint density at radius 1 is 1.28 bits per heavy atom. The van der Waals surface area contributed by atoms with Gasteiger partial charge in [-0.3, -0.25) is 4.79 Å². The highest BCUT2D eigenvalue weighted by atomic mass is 32.2. The van der Waals surface area contributed by atoms with Crippen LogP contribution in [0.4, 0.5) is 0 Å². The summed E-state index contributed by atoms with van der Waals surface area (Å²) in [5, 5.41) is 0. The molecule has 0 unspecified atom stereocenters. The number of hydrogen-bond acceptors (Lipinski definition) is 4. The quantitative estimate of drug-likeness (QED) is 0.778. The van der Waals surface area contributed by atoms with E-state index in [-0.39, 0.29) is 23.0 Å². The minimum atomic E-state index is -3.32. The van der Waals surface area contributed by atoms with E-state index in [0.717, 1.165) is 25.5 Å². The molecule has 1 aliphatic carbocycles. The number of nitrogens with zero attached hydrogens (tertiary/aromatic N) is 1. The second-order valence-electron chi connectivity index (χ2n) is 7.29. The van der Waals surface area contributed by atoms with E-state index in [1.807, 2.05) is 4.90 Å². The Hall–Kier alpha value is -1.40. The predicted octanol–water partition coefficient (Wildman–Crippen LogP) is 2.90. The molecule has 1 amide bonds. The van der Waals surface area contributed by atoms with Gasteiger partial charge in [0.1, 0.15) is 0 Å². The van der Waals surface area contributed by atoms with Crippen molar-refractivity contribution in [3.63, 3.8) is 0 Å². The van der Waals surface area contributed by atoms with Crippen molar-refractivity contribution in [2.45, 2.75) is 56.1 Å². The van der Waals surface area contributed by atoms with Gasteiger partial charge in [0.25, 0.3) is 5.91 Å². The van der Waals surface area contributed by atoms with E-state index in [0.29, 0.717) is 24.6 Å². The molecule has 3 rings (SSSR count). The molecule has 1 saturated heterocycles. The lowest BCUT2D eigenvalue weighted by molar-refractivity contribution is -0.0874. The Labute approximate surface area is 150 Å². The first-order valence-corrected chi connectivity index (χ1v) is 11.0. The highest BCUT2D eigenvalue weighted by molar-refractivity contribution is 7.90. The molecule has 0 radical (unpaired) electrons. The molecule has 2 aliphatic rings. The van der Waals surface area contributed by atoms with E-state index >= 15 is 0 Å². The summed E-state index contributed by atoms with van der Waals surface area (Å²) in [5.74, 6) is 0.475. The number of morpholine rings is 1. The summed E-state index contributed by atoms with van der Waals surface area (Å²) in [4.78, 5) is 15.0. The standard InChI is InChI=1S/C19H27NO4S/c1-3-4-7-16-12-20(13-18(24-16)14-9-10-14)19(21)15-6-5-8-17(11-15)25(2,22)23/h5-6,8,11,14,16,18H,3-4,7,9-10,12-13H2,1-2H3/t16-,18-/m1/s1. The molecule has 25 heavy (non-hydrogen) atoms. The second-order valence-corrected chi connectivity index (χ2v) is 9.30. The van der Waals surface area contributed by atoms with Gasteiger partial charge in [0.15, 0.2) is 9.84 Å². The van der Waals surface area contributed by atoms with Crippen molar-refractivity contribution < 1.29 is 17.9 Å². The van der Waals surface area contributed by atoms with Gasteiger partial charge in [-0.15, -0.1) is 0 Å². The predicted molar refractivity (Wildman–Crippen MR) is 96.4 cm³/mol. The van der Waals surface area contributed by atoms with Crippen molar-refractivity contribution in [2.75, 3.05) is 19.3 Å². The lowest BCUT2D eigenvalue weighted by Gasteiger charge is -2.38. The zero-order valence-corrected chi connectivity index (χ0v) is 15.8. The molecular formula is C19H27NO4S. The fourth-order valence-electron chi connectivity index (χ4n) is 3.40. The summed E-state index contributed by atoms with van der Waals surface area (Å²) < 4.78 is 29.7. The SMILES string of the molecule is CCCC[C@@H]1CN(C(=O)c2cccc(S(C)(=O)=O)c2)C[C@H](C2CC2)O1. The van der Waals surface area contributed by atoms with Crippen LogP contribution < -0.4 is 0 Å². The topological polar surface area (TPSA) is 63.7 Å². The van der Waals surface area contributed by atoms with Gasteiger partial charge in [-0.25, -0.2) is 8.42 Å². The van der Waals surface area contributed by atoms with Crippen LogP contribution >= 0.6 is 0 Å². The van der Waals surface area contributed by atoms with Crippen LogP contribution in [0, 0.1) is 5.92 Å². The van der Waals surface area contributed by atoms with Crippen LogP contribution in [0.5, 0.6) is 0 Å². The second kappa shape index (κ2) is 7.46. The van der Waals surface area contributed by atoms with E-state index in [9.17, 15) is 13.2 Å². The third kappa shape index (κ3) is 4.61. The maximum absolute atomic E-state index is 13.0. The maximum atomic E-state index is 13.0. The van der Waals surface area contributed by atoms with Crippen molar-refractivity contribution >= 4 is 15.7 Å². The van der Waals surface area contributed by atoms with Crippen molar-refractivity contribution in [1.29, 1.82) is 0 Å². The van der Waals surface area contributed by atoms with Crippen molar-refractivity contribution in [2.24, 2.45) is 5.92 Å². The molecule has 6 heteroatoms. The Morgan fingerprint density at radius 2 is 2.04 bits per heavy atom. The summed E-state index contributed by atoms with van der Waals surface area (Å²) >= 11 is 0. The molecule has 5 nitrogen and oxygen atoms in total. The summed E-state index contributed by atoms with van der Waals surface area (Å²) in [6.07, 6.45) is 6.89. The van der Waals surface area contributed by atoms with Crippen LogP contribution in [0.25, 0.3) is 0 Å². The zero-order valence-electron chi connectivity index (χ0n) is 15.0. The summed E-state index contributed by atoms with van der Waals surface area (Å²) in [6.45, 7) is 3.35. The number of rotatable bonds is 6. The van der Waals surface area contributed by atoms with Gasteiger partial charge < -0.3 is 9.64 Å². The molecule has 0 bridgehead atoms. The molecule has 1 aromatic carbocycles. The molecule has 0 N–H and O–H groups in total. The van der Waals surface area contributed by atoms with Gasteiger partial charge in [-0.1, -0.05) is 25.8 Å². The number of carbonyl (C=O) groups excluding carboxylic acids is 1. The molecule has 1 aliphatic heterocycles. The molecular weight excluding hydrogens is 338 g/mol. The van der Waals surface area contributed by atoms with Crippen LogP contribution in [-0.4, -0.2) is 50.8 Å². The highest BCUT2D eigenvalue weighted by Gasteiger charge is 2.39. The Morgan fingerprint density at radius 3 is 2.68 bits per heavy atom. The van der Waals surface area contributed by atoms with Crippen molar-refractivity contribution in [3.05, 3.63) is 29.8 Å². The van der Waals surface area contributed by atoms with Gasteiger partial charge in [0.05, 0.1) is 17.1 Å². The zero-order chi connectivity index (χ0) is 18.0. The molecule has 2 atom stereocenters. The van der Waals surface area contributed by atoms with Gasteiger partial charge in [-0.05, 0) is 43.4 Å². The van der Waals surface area contributed by atoms with Crippen molar-refractivity contribution in [3.8, 4) is 0 Å². The lowest BCUT2D eigenvalue weighted by Crippen LogP contribution is -2.50. The Bertz CT molecular complexity index is 727. The minimum Gasteiger partial charge on any atom is -0.371 e. The average Bonchev–Trinajstić information content (AvgIpc) is 3.43.